The van der Waals surface area contributed by atoms with E-state index in [1.165, 1.54) is 17.4 Å². The summed E-state index contributed by atoms with van der Waals surface area (Å²) in [7, 11) is 0. The fourth-order valence-electron chi connectivity index (χ4n) is 3.70. The minimum atomic E-state index is -4.42. The molecule has 0 radical (unpaired) electrons. The average molecular weight is 356 g/mol. The van der Waals surface area contributed by atoms with Gasteiger partial charge >= 0.3 is 6.18 Å². The van der Waals surface area contributed by atoms with Crippen LogP contribution in [0.5, 0.6) is 0 Å². The van der Waals surface area contributed by atoms with E-state index in [2.05, 4.69) is 5.32 Å². The normalized spacial score (nSPS) is 19.2. The van der Waals surface area contributed by atoms with Crippen molar-refractivity contribution in [3.05, 3.63) is 23.8 Å². The van der Waals surface area contributed by atoms with Gasteiger partial charge < -0.3 is 15.1 Å². The Balaban J connectivity index is 1.77. The lowest BCUT2D eigenvalue weighted by atomic mass is 10.1. The van der Waals surface area contributed by atoms with Gasteiger partial charge in [0.25, 0.3) is 5.91 Å². The number of amides is 1. The predicted octanol–water partition coefficient (Wildman–Crippen LogP) is 2.31. The number of alkyl halides is 3. The summed E-state index contributed by atoms with van der Waals surface area (Å²) in [5.74, 6) is -0.211. The highest BCUT2D eigenvalue weighted by molar-refractivity contribution is 5.95. The second kappa shape index (κ2) is 7.64. The van der Waals surface area contributed by atoms with E-state index in [1.54, 1.807) is 0 Å². The van der Waals surface area contributed by atoms with Crippen molar-refractivity contribution in [2.45, 2.75) is 38.3 Å². The molecular formula is C18H25F3N3O+. The third kappa shape index (κ3) is 4.66. The zero-order valence-corrected chi connectivity index (χ0v) is 14.3. The third-order valence-corrected chi connectivity index (χ3v) is 5.02. The van der Waals surface area contributed by atoms with Crippen molar-refractivity contribution >= 4 is 17.3 Å². The van der Waals surface area contributed by atoms with Crippen LogP contribution in [0.2, 0.25) is 0 Å². The maximum atomic E-state index is 13.1. The van der Waals surface area contributed by atoms with Crippen molar-refractivity contribution in [3.63, 3.8) is 0 Å². The van der Waals surface area contributed by atoms with Gasteiger partial charge in [0, 0.05) is 13.1 Å². The van der Waals surface area contributed by atoms with Crippen molar-refractivity contribution in [2.75, 3.05) is 42.9 Å². The smallest absolute Gasteiger partial charge is 0.370 e. The SMILES string of the molecule is O=C(C[NH+]1CCCCC1)Nc1cc(C(F)(F)F)ccc1N1CCCC1. The topological polar surface area (TPSA) is 36.8 Å². The maximum Gasteiger partial charge on any atom is 0.416 e. The van der Waals surface area contributed by atoms with Crippen LogP contribution in [0.4, 0.5) is 24.5 Å². The number of anilines is 2. The van der Waals surface area contributed by atoms with Gasteiger partial charge in [0.15, 0.2) is 6.54 Å². The lowest BCUT2D eigenvalue weighted by Gasteiger charge is -2.25. The van der Waals surface area contributed by atoms with Crippen LogP contribution < -0.4 is 15.1 Å². The Morgan fingerprint density at radius 3 is 2.40 bits per heavy atom. The number of carbonyl (C=O) groups excluding carboxylic acids is 1. The van der Waals surface area contributed by atoms with E-state index in [1.807, 2.05) is 4.90 Å². The van der Waals surface area contributed by atoms with Crippen LogP contribution in [0.25, 0.3) is 0 Å². The Morgan fingerprint density at radius 1 is 1.08 bits per heavy atom. The molecule has 1 aromatic carbocycles. The van der Waals surface area contributed by atoms with Gasteiger partial charge in [-0.25, -0.2) is 0 Å². The molecule has 1 aromatic rings. The summed E-state index contributed by atoms with van der Waals surface area (Å²) in [6.45, 7) is 3.84. The quantitative estimate of drug-likeness (QED) is 0.869. The lowest BCUT2D eigenvalue weighted by molar-refractivity contribution is -0.896. The maximum absolute atomic E-state index is 13.1. The summed E-state index contributed by atoms with van der Waals surface area (Å²) in [4.78, 5) is 15.6. The Hall–Kier alpha value is -1.76. The molecule has 4 nitrogen and oxygen atoms in total. The zero-order chi connectivity index (χ0) is 17.9. The minimum Gasteiger partial charge on any atom is -0.370 e. The lowest BCUT2D eigenvalue weighted by Crippen LogP contribution is -3.13. The van der Waals surface area contributed by atoms with Crippen molar-refractivity contribution in [3.8, 4) is 0 Å². The van der Waals surface area contributed by atoms with Gasteiger partial charge in [0.1, 0.15) is 0 Å². The molecule has 25 heavy (non-hydrogen) atoms. The molecule has 7 heteroatoms. The van der Waals surface area contributed by atoms with Crippen LogP contribution in [0.3, 0.4) is 0 Å². The van der Waals surface area contributed by atoms with E-state index in [4.69, 9.17) is 0 Å². The third-order valence-electron chi connectivity index (χ3n) is 5.02. The highest BCUT2D eigenvalue weighted by atomic mass is 19.4. The Labute approximate surface area is 146 Å². The minimum absolute atomic E-state index is 0.211. The van der Waals surface area contributed by atoms with Gasteiger partial charge in [0.2, 0.25) is 0 Å². The average Bonchev–Trinajstić information content (AvgIpc) is 3.09. The first-order valence-corrected chi connectivity index (χ1v) is 9.03. The summed E-state index contributed by atoms with van der Waals surface area (Å²) in [5, 5.41) is 2.75. The van der Waals surface area contributed by atoms with E-state index in [9.17, 15) is 18.0 Å². The van der Waals surface area contributed by atoms with E-state index in [0.29, 0.717) is 12.2 Å². The molecular weight excluding hydrogens is 331 g/mol. The standard InChI is InChI=1S/C18H24F3N3O/c19-18(20,21)14-6-7-16(24-10-4-5-11-24)15(12-14)22-17(25)13-23-8-2-1-3-9-23/h6-7,12H,1-5,8-11,13H2,(H,22,25)/p+1. The summed E-state index contributed by atoms with van der Waals surface area (Å²) in [6.07, 6.45) is 1.02. The van der Waals surface area contributed by atoms with Gasteiger partial charge in [-0.3, -0.25) is 4.79 Å². The molecule has 0 spiro atoms. The molecule has 0 atom stereocenters. The number of benzene rings is 1. The van der Waals surface area contributed by atoms with E-state index in [-0.39, 0.29) is 11.6 Å². The summed E-state index contributed by atoms with van der Waals surface area (Å²) in [5.41, 5.74) is 0.238. The summed E-state index contributed by atoms with van der Waals surface area (Å²) in [6, 6.07) is 3.65. The number of carbonyl (C=O) groups is 1. The largest absolute Gasteiger partial charge is 0.416 e. The van der Waals surface area contributed by atoms with Crippen LogP contribution >= 0.6 is 0 Å². The van der Waals surface area contributed by atoms with Gasteiger partial charge in [-0.1, -0.05) is 0 Å². The molecule has 1 amide bonds. The monoisotopic (exact) mass is 356 g/mol. The number of halogens is 3. The number of hydrogen-bond acceptors (Lipinski definition) is 2. The number of quaternary nitrogens is 1. The molecule has 2 aliphatic heterocycles. The van der Waals surface area contributed by atoms with Crippen LogP contribution in [0, 0.1) is 0 Å². The molecule has 0 bridgehead atoms. The van der Waals surface area contributed by atoms with Crippen LogP contribution in [0.1, 0.15) is 37.7 Å². The van der Waals surface area contributed by atoms with Crippen LogP contribution in [-0.2, 0) is 11.0 Å². The van der Waals surface area contributed by atoms with E-state index < -0.39 is 11.7 Å². The van der Waals surface area contributed by atoms with Gasteiger partial charge in [0.05, 0.1) is 30.0 Å². The molecule has 3 rings (SSSR count). The van der Waals surface area contributed by atoms with Gasteiger partial charge in [-0.05, 0) is 50.3 Å². The number of nitrogens with one attached hydrogen (secondary N) is 2. The first-order valence-electron chi connectivity index (χ1n) is 9.03. The highest BCUT2D eigenvalue weighted by Gasteiger charge is 2.32. The molecule has 0 aliphatic carbocycles. The molecule has 2 N–H and O–H groups in total. The first kappa shape index (κ1) is 18.0. The Bertz CT molecular complexity index is 606. The van der Waals surface area contributed by atoms with Crippen molar-refractivity contribution in [2.24, 2.45) is 0 Å². The summed E-state index contributed by atoms with van der Waals surface area (Å²) >= 11 is 0. The molecule has 0 unspecified atom stereocenters. The van der Waals surface area contributed by atoms with Gasteiger partial charge in [-0.2, -0.15) is 13.2 Å². The molecule has 2 saturated heterocycles. The molecule has 2 fully saturated rings. The number of nitrogens with zero attached hydrogens (tertiary/aromatic N) is 1. The Kier molecular flexibility index (Phi) is 5.51. The first-order chi connectivity index (χ1) is 11.9. The van der Waals surface area contributed by atoms with Crippen molar-refractivity contribution < 1.29 is 22.9 Å². The predicted molar refractivity (Wildman–Crippen MR) is 90.9 cm³/mol. The van der Waals surface area contributed by atoms with Crippen molar-refractivity contribution in [1.82, 2.24) is 0 Å². The van der Waals surface area contributed by atoms with E-state index >= 15 is 0 Å². The fourth-order valence-corrected chi connectivity index (χ4v) is 3.70. The zero-order valence-electron chi connectivity index (χ0n) is 14.3. The highest BCUT2D eigenvalue weighted by Crippen LogP contribution is 2.36. The molecule has 0 aromatic heterocycles. The fraction of sp³-hybridized carbons (Fsp3) is 0.611. The number of rotatable bonds is 4. The van der Waals surface area contributed by atoms with Crippen molar-refractivity contribution in [1.29, 1.82) is 0 Å². The van der Waals surface area contributed by atoms with Crippen LogP contribution in [-0.4, -0.2) is 38.6 Å². The summed E-state index contributed by atoms with van der Waals surface area (Å²) < 4.78 is 39.2. The second-order valence-electron chi connectivity index (χ2n) is 6.96. The molecule has 2 heterocycles. The second-order valence-corrected chi connectivity index (χ2v) is 6.96. The Morgan fingerprint density at radius 2 is 1.76 bits per heavy atom. The van der Waals surface area contributed by atoms with E-state index in [0.717, 1.165) is 64.0 Å². The van der Waals surface area contributed by atoms with Gasteiger partial charge in [-0.15, -0.1) is 0 Å². The number of piperidine rings is 1. The molecule has 138 valence electrons. The number of hydrogen-bond donors (Lipinski definition) is 2. The number of likely N-dealkylation sites (tertiary alicyclic amines) is 1. The molecule has 2 aliphatic rings. The molecule has 0 saturated carbocycles. The van der Waals surface area contributed by atoms with Crippen LogP contribution in [0.15, 0.2) is 18.2 Å².